The van der Waals surface area contributed by atoms with Crippen LogP contribution in [0.3, 0.4) is 0 Å². The minimum Gasteiger partial charge on any atom is -0.302 e. The zero-order valence-electron chi connectivity index (χ0n) is 11.0. The van der Waals surface area contributed by atoms with Gasteiger partial charge in [0, 0.05) is 25.3 Å². The van der Waals surface area contributed by atoms with Crippen molar-refractivity contribution < 1.29 is 12.8 Å². The van der Waals surface area contributed by atoms with Gasteiger partial charge in [-0.2, -0.15) is 0 Å². The van der Waals surface area contributed by atoms with Gasteiger partial charge in [-0.3, -0.25) is 4.98 Å². The molecule has 0 saturated carbocycles. The van der Waals surface area contributed by atoms with Gasteiger partial charge in [-0.25, -0.2) is 17.5 Å². The molecule has 1 N–H and O–H groups in total. The van der Waals surface area contributed by atoms with E-state index in [0.717, 1.165) is 31.5 Å². The van der Waals surface area contributed by atoms with Gasteiger partial charge in [0.25, 0.3) is 0 Å². The van der Waals surface area contributed by atoms with Gasteiger partial charge in [-0.15, -0.1) is 0 Å². The molecular weight excluding hydrogens is 269 g/mol. The third-order valence-electron chi connectivity index (χ3n) is 3.43. The highest BCUT2D eigenvalue weighted by Crippen LogP contribution is 2.18. The first-order valence-corrected chi connectivity index (χ1v) is 7.76. The molecule has 7 heteroatoms. The molecule has 2 atom stereocenters. The summed E-state index contributed by atoms with van der Waals surface area (Å²) in [6.45, 7) is 6.49. The minimum atomic E-state index is -3.71. The van der Waals surface area contributed by atoms with Crippen LogP contribution in [0.25, 0.3) is 0 Å². The number of pyridine rings is 1. The molecule has 0 amide bonds. The Labute approximate surface area is 112 Å². The fourth-order valence-corrected chi connectivity index (χ4v) is 3.59. The van der Waals surface area contributed by atoms with E-state index in [1.54, 1.807) is 0 Å². The van der Waals surface area contributed by atoms with E-state index in [1.165, 1.54) is 0 Å². The average Bonchev–Trinajstić information content (AvgIpc) is 2.70. The van der Waals surface area contributed by atoms with Crippen molar-refractivity contribution in [3.63, 3.8) is 0 Å². The second kappa shape index (κ2) is 5.52. The molecule has 0 bridgehead atoms. The molecule has 0 unspecified atom stereocenters. The first kappa shape index (κ1) is 14.4. The maximum atomic E-state index is 13.0. The summed E-state index contributed by atoms with van der Waals surface area (Å²) < 4.78 is 40.0. The summed E-state index contributed by atoms with van der Waals surface area (Å²) in [6.07, 6.45) is 2.14. The number of nitrogens with one attached hydrogen (secondary N) is 1. The predicted molar refractivity (Wildman–Crippen MR) is 69.6 cm³/mol. The molecule has 1 saturated heterocycles. The van der Waals surface area contributed by atoms with Crippen LogP contribution >= 0.6 is 0 Å². The number of likely N-dealkylation sites (tertiary alicyclic amines) is 1. The number of nitrogens with zero attached hydrogens (tertiary/aromatic N) is 2. The van der Waals surface area contributed by atoms with Crippen LogP contribution in [0.4, 0.5) is 4.39 Å². The molecule has 106 valence electrons. The van der Waals surface area contributed by atoms with Gasteiger partial charge in [0.15, 0.2) is 0 Å². The van der Waals surface area contributed by atoms with Gasteiger partial charge in [-0.05, 0) is 18.5 Å². The van der Waals surface area contributed by atoms with E-state index in [1.807, 2.05) is 13.8 Å². The zero-order valence-corrected chi connectivity index (χ0v) is 11.8. The first-order valence-electron chi connectivity index (χ1n) is 6.27. The van der Waals surface area contributed by atoms with Crippen LogP contribution in [0, 0.1) is 11.7 Å². The van der Waals surface area contributed by atoms with Crippen molar-refractivity contribution in [2.75, 3.05) is 19.6 Å². The number of rotatable bonds is 4. The molecule has 0 aliphatic carbocycles. The highest BCUT2D eigenvalue weighted by molar-refractivity contribution is 7.89. The lowest BCUT2D eigenvalue weighted by Gasteiger charge is -2.16. The van der Waals surface area contributed by atoms with Crippen molar-refractivity contribution in [1.29, 1.82) is 0 Å². The summed E-state index contributed by atoms with van der Waals surface area (Å²) >= 11 is 0. The maximum absolute atomic E-state index is 13.0. The monoisotopic (exact) mass is 287 g/mol. The number of likely N-dealkylation sites (N-methyl/N-ethyl adjacent to an activating group) is 1. The zero-order chi connectivity index (χ0) is 14.0. The lowest BCUT2D eigenvalue weighted by Crippen LogP contribution is -2.39. The summed E-state index contributed by atoms with van der Waals surface area (Å²) in [5, 5.41) is 0. The van der Waals surface area contributed by atoms with Gasteiger partial charge < -0.3 is 4.90 Å². The summed E-state index contributed by atoms with van der Waals surface area (Å²) in [5.74, 6) is -0.422. The van der Waals surface area contributed by atoms with E-state index in [2.05, 4.69) is 14.6 Å². The molecule has 2 heterocycles. The van der Waals surface area contributed by atoms with Gasteiger partial charge in [0.1, 0.15) is 10.7 Å². The molecule has 5 nitrogen and oxygen atoms in total. The fraction of sp³-hybridized carbons (Fsp3) is 0.583. The van der Waals surface area contributed by atoms with Crippen LogP contribution in [0.15, 0.2) is 23.4 Å². The molecule has 2 rings (SSSR count). The number of sulfonamides is 1. The SMILES string of the molecule is CCN1C[C@H](C)[C@H](NS(=O)(=O)c2cncc(F)c2)C1. The normalized spacial score (nSPS) is 24.8. The highest BCUT2D eigenvalue weighted by Gasteiger charge is 2.32. The quantitative estimate of drug-likeness (QED) is 0.891. The largest absolute Gasteiger partial charge is 0.302 e. The number of hydrogen-bond donors (Lipinski definition) is 1. The standard InChI is InChI=1S/C12H18FN3O2S/c1-3-16-7-9(2)12(8-16)15-19(17,18)11-4-10(13)5-14-6-11/h4-6,9,12,15H,3,7-8H2,1-2H3/t9-,12+/m0/s1. The first-order chi connectivity index (χ1) is 8.92. The van der Waals surface area contributed by atoms with Crippen molar-refractivity contribution in [2.45, 2.75) is 24.8 Å². The third kappa shape index (κ3) is 3.29. The van der Waals surface area contributed by atoms with E-state index >= 15 is 0 Å². The lowest BCUT2D eigenvalue weighted by atomic mass is 10.1. The lowest BCUT2D eigenvalue weighted by molar-refractivity contribution is 0.344. The van der Waals surface area contributed by atoms with Crippen molar-refractivity contribution in [1.82, 2.24) is 14.6 Å². The molecule has 1 aliphatic rings. The Morgan fingerprint density at radius 3 is 2.79 bits per heavy atom. The van der Waals surface area contributed by atoms with Crippen molar-refractivity contribution in [2.24, 2.45) is 5.92 Å². The predicted octanol–water partition coefficient (Wildman–Crippen LogP) is 0.839. The van der Waals surface area contributed by atoms with Crippen LogP contribution in [0.5, 0.6) is 0 Å². The van der Waals surface area contributed by atoms with Gasteiger partial charge in [-0.1, -0.05) is 13.8 Å². The summed E-state index contributed by atoms with van der Waals surface area (Å²) in [4.78, 5) is 5.62. The van der Waals surface area contributed by atoms with Crippen molar-refractivity contribution in [3.8, 4) is 0 Å². The molecule has 1 aromatic rings. The highest BCUT2D eigenvalue weighted by atomic mass is 32.2. The molecular formula is C12H18FN3O2S. The van der Waals surface area contributed by atoms with Crippen LogP contribution in [-0.4, -0.2) is 44.0 Å². The van der Waals surface area contributed by atoms with Gasteiger partial charge in [0.2, 0.25) is 10.0 Å². The second-order valence-corrected chi connectivity index (χ2v) is 6.61. The molecule has 1 fully saturated rings. The van der Waals surface area contributed by atoms with E-state index in [9.17, 15) is 12.8 Å². The Morgan fingerprint density at radius 1 is 1.47 bits per heavy atom. The van der Waals surface area contributed by atoms with Gasteiger partial charge in [0.05, 0.1) is 6.20 Å². The number of hydrogen-bond acceptors (Lipinski definition) is 4. The summed E-state index contributed by atoms with van der Waals surface area (Å²) in [6, 6.07) is 0.834. The van der Waals surface area contributed by atoms with Crippen LogP contribution < -0.4 is 4.72 Å². The average molecular weight is 287 g/mol. The molecule has 0 spiro atoms. The second-order valence-electron chi connectivity index (χ2n) is 4.90. The van der Waals surface area contributed by atoms with Crippen LogP contribution in [-0.2, 0) is 10.0 Å². The Kier molecular flexibility index (Phi) is 4.17. The molecule has 0 radical (unpaired) electrons. The molecule has 1 aliphatic heterocycles. The molecule has 19 heavy (non-hydrogen) atoms. The Bertz CT molecular complexity index is 550. The molecule has 0 aromatic carbocycles. The van der Waals surface area contributed by atoms with Crippen LogP contribution in [0.2, 0.25) is 0 Å². The summed E-state index contributed by atoms with van der Waals surface area (Å²) in [7, 11) is -3.71. The summed E-state index contributed by atoms with van der Waals surface area (Å²) in [5.41, 5.74) is 0. The van der Waals surface area contributed by atoms with E-state index in [0.29, 0.717) is 6.54 Å². The van der Waals surface area contributed by atoms with Crippen molar-refractivity contribution >= 4 is 10.0 Å². The number of halogens is 1. The maximum Gasteiger partial charge on any atom is 0.242 e. The van der Waals surface area contributed by atoms with Crippen molar-refractivity contribution in [3.05, 3.63) is 24.3 Å². The van der Waals surface area contributed by atoms with E-state index in [4.69, 9.17) is 0 Å². The third-order valence-corrected chi connectivity index (χ3v) is 4.89. The smallest absolute Gasteiger partial charge is 0.242 e. The topological polar surface area (TPSA) is 62.3 Å². The Balaban J connectivity index is 2.14. The number of aromatic nitrogens is 1. The van der Waals surface area contributed by atoms with Crippen LogP contribution in [0.1, 0.15) is 13.8 Å². The fourth-order valence-electron chi connectivity index (χ4n) is 2.29. The van der Waals surface area contributed by atoms with E-state index in [-0.39, 0.29) is 16.9 Å². The van der Waals surface area contributed by atoms with Gasteiger partial charge >= 0.3 is 0 Å². The molecule has 1 aromatic heterocycles. The Morgan fingerprint density at radius 2 is 2.21 bits per heavy atom. The Hall–Kier alpha value is -1.05. The minimum absolute atomic E-state index is 0.130. The van der Waals surface area contributed by atoms with E-state index < -0.39 is 15.8 Å².